The highest BCUT2D eigenvalue weighted by molar-refractivity contribution is 5.76. The van der Waals surface area contributed by atoms with Gasteiger partial charge < -0.3 is 16.4 Å². The van der Waals surface area contributed by atoms with Crippen molar-refractivity contribution in [3.8, 4) is 0 Å². The van der Waals surface area contributed by atoms with Crippen LogP contribution < -0.4 is 11.5 Å². The van der Waals surface area contributed by atoms with E-state index in [0.717, 1.165) is 38.9 Å². The number of nitrogens with zero attached hydrogens (tertiary/aromatic N) is 1. The summed E-state index contributed by atoms with van der Waals surface area (Å²) in [5.74, 6) is -0.115. The van der Waals surface area contributed by atoms with Gasteiger partial charge in [0.15, 0.2) is 0 Å². The molecular formula is C16H25N3O. The van der Waals surface area contributed by atoms with Crippen LogP contribution in [0.2, 0.25) is 0 Å². The van der Waals surface area contributed by atoms with Crippen LogP contribution in [0, 0.1) is 5.92 Å². The van der Waals surface area contributed by atoms with Crippen molar-refractivity contribution in [1.82, 2.24) is 4.90 Å². The van der Waals surface area contributed by atoms with Crippen LogP contribution in [0.4, 0.5) is 0 Å². The Kier molecular flexibility index (Phi) is 5.15. The van der Waals surface area contributed by atoms with Gasteiger partial charge in [-0.05, 0) is 43.5 Å². The van der Waals surface area contributed by atoms with Crippen LogP contribution in [0.1, 0.15) is 36.9 Å². The zero-order valence-electron chi connectivity index (χ0n) is 12.2. The van der Waals surface area contributed by atoms with Crippen molar-refractivity contribution >= 4 is 5.91 Å². The number of hydrogen-bond donors (Lipinski definition) is 2. The van der Waals surface area contributed by atoms with Crippen molar-refractivity contribution in [2.45, 2.75) is 32.2 Å². The molecule has 1 heterocycles. The molecular weight excluding hydrogens is 250 g/mol. The number of hydrogen-bond acceptors (Lipinski definition) is 3. The maximum absolute atomic E-state index is 11.1. The molecule has 1 aromatic rings. The van der Waals surface area contributed by atoms with Gasteiger partial charge in [-0.15, -0.1) is 0 Å². The molecule has 0 radical (unpaired) electrons. The largest absolute Gasteiger partial charge is 0.369 e. The predicted molar refractivity (Wildman–Crippen MR) is 81.1 cm³/mol. The highest BCUT2D eigenvalue weighted by atomic mass is 16.1. The number of piperidine rings is 1. The fourth-order valence-corrected chi connectivity index (χ4v) is 2.78. The van der Waals surface area contributed by atoms with Crippen LogP contribution in [0.15, 0.2) is 24.3 Å². The van der Waals surface area contributed by atoms with Gasteiger partial charge in [0, 0.05) is 18.5 Å². The SMILES string of the molecule is CCc1ccc(C(N)CN2CCC(C(N)=O)CC2)cc1. The van der Waals surface area contributed by atoms with Crippen LogP contribution in [-0.4, -0.2) is 30.4 Å². The quantitative estimate of drug-likeness (QED) is 0.854. The second-order valence-electron chi connectivity index (χ2n) is 5.68. The van der Waals surface area contributed by atoms with Crippen LogP contribution >= 0.6 is 0 Å². The molecule has 1 aliphatic heterocycles. The van der Waals surface area contributed by atoms with Gasteiger partial charge in [-0.2, -0.15) is 0 Å². The van der Waals surface area contributed by atoms with Crippen molar-refractivity contribution in [3.63, 3.8) is 0 Å². The van der Waals surface area contributed by atoms with Crippen molar-refractivity contribution in [1.29, 1.82) is 0 Å². The lowest BCUT2D eigenvalue weighted by Crippen LogP contribution is -2.41. The number of carbonyl (C=O) groups is 1. The molecule has 1 saturated heterocycles. The fourth-order valence-electron chi connectivity index (χ4n) is 2.78. The molecule has 1 fully saturated rings. The molecule has 4 N–H and O–H groups in total. The minimum atomic E-state index is -0.163. The summed E-state index contributed by atoms with van der Waals surface area (Å²) in [6.45, 7) is 4.82. The Morgan fingerprint density at radius 2 is 1.90 bits per heavy atom. The number of benzene rings is 1. The van der Waals surface area contributed by atoms with Gasteiger partial charge in [-0.25, -0.2) is 0 Å². The predicted octanol–water partition coefficient (Wildman–Crippen LogP) is 1.45. The molecule has 2 rings (SSSR count). The van der Waals surface area contributed by atoms with Gasteiger partial charge in [-0.3, -0.25) is 4.79 Å². The number of rotatable bonds is 5. The Balaban J connectivity index is 1.85. The van der Waals surface area contributed by atoms with Crippen molar-refractivity contribution in [2.24, 2.45) is 17.4 Å². The van der Waals surface area contributed by atoms with E-state index in [4.69, 9.17) is 11.5 Å². The summed E-state index contributed by atoms with van der Waals surface area (Å²) >= 11 is 0. The average molecular weight is 275 g/mol. The van der Waals surface area contributed by atoms with Gasteiger partial charge in [0.25, 0.3) is 0 Å². The Hall–Kier alpha value is -1.39. The number of amides is 1. The first-order valence-electron chi connectivity index (χ1n) is 7.46. The molecule has 4 heteroatoms. The van der Waals surface area contributed by atoms with E-state index in [9.17, 15) is 4.79 Å². The molecule has 1 amide bonds. The smallest absolute Gasteiger partial charge is 0.220 e. The fraction of sp³-hybridized carbons (Fsp3) is 0.562. The number of primary amides is 1. The van der Waals surface area contributed by atoms with Gasteiger partial charge in [0.05, 0.1) is 0 Å². The standard InChI is InChI=1S/C16H25N3O/c1-2-12-3-5-13(6-4-12)15(17)11-19-9-7-14(8-10-19)16(18)20/h3-6,14-15H,2,7-11,17H2,1H3,(H2,18,20). The van der Waals surface area contributed by atoms with Crippen LogP contribution in [0.5, 0.6) is 0 Å². The highest BCUT2D eigenvalue weighted by Gasteiger charge is 2.24. The zero-order chi connectivity index (χ0) is 14.5. The first-order valence-corrected chi connectivity index (χ1v) is 7.46. The summed E-state index contributed by atoms with van der Waals surface area (Å²) in [7, 11) is 0. The van der Waals surface area contributed by atoms with Crippen molar-refractivity contribution < 1.29 is 4.79 Å². The van der Waals surface area contributed by atoms with E-state index in [-0.39, 0.29) is 17.9 Å². The van der Waals surface area contributed by atoms with E-state index < -0.39 is 0 Å². The second-order valence-corrected chi connectivity index (χ2v) is 5.68. The van der Waals surface area contributed by atoms with E-state index in [1.165, 1.54) is 11.1 Å². The maximum Gasteiger partial charge on any atom is 0.220 e. The van der Waals surface area contributed by atoms with Gasteiger partial charge in [-0.1, -0.05) is 31.2 Å². The lowest BCUT2D eigenvalue weighted by Gasteiger charge is -2.32. The molecule has 110 valence electrons. The third-order valence-electron chi connectivity index (χ3n) is 4.26. The lowest BCUT2D eigenvalue weighted by molar-refractivity contribution is -0.123. The van der Waals surface area contributed by atoms with E-state index in [1.807, 2.05) is 0 Å². The van der Waals surface area contributed by atoms with Crippen LogP contribution in [-0.2, 0) is 11.2 Å². The Labute approximate surface area is 121 Å². The molecule has 0 spiro atoms. The lowest BCUT2D eigenvalue weighted by atomic mass is 9.95. The summed E-state index contributed by atoms with van der Waals surface area (Å²) in [6, 6.07) is 8.58. The number of carbonyl (C=O) groups excluding carboxylic acids is 1. The minimum Gasteiger partial charge on any atom is -0.369 e. The normalized spacial score (nSPS) is 18.9. The van der Waals surface area contributed by atoms with E-state index in [1.54, 1.807) is 0 Å². The topological polar surface area (TPSA) is 72.3 Å². The monoisotopic (exact) mass is 275 g/mol. The number of likely N-dealkylation sites (tertiary alicyclic amines) is 1. The summed E-state index contributed by atoms with van der Waals surface area (Å²) in [6.07, 6.45) is 2.77. The summed E-state index contributed by atoms with van der Waals surface area (Å²) < 4.78 is 0. The highest BCUT2D eigenvalue weighted by Crippen LogP contribution is 2.20. The van der Waals surface area contributed by atoms with E-state index >= 15 is 0 Å². The summed E-state index contributed by atoms with van der Waals surface area (Å²) in [5.41, 5.74) is 14.1. The molecule has 20 heavy (non-hydrogen) atoms. The third kappa shape index (κ3) is 3.81. The molecule has 0 aromatic heterocycles. The van der Waals surface area contributed by atoms with Gasteiger partial charge >= 0.3 is 0 Å². The molecule has 0 bridgehead atoms. The zero-order valence-corrected chi connectivity index (χ0v) is 12.2. The number of aryl methyl sites for hydroxylation is 1. The summed E-state index contributed by atoms with van der Waals surface area (Å²) in [4.78, 5) is 13.5. The maximum atomic E-state index is 11.1. The molecule has 1 atom stereocenters. The van der Waals surface area contributed by atoms with E-state index in [0.29, 0.717) is 0 Å². The third-order valence-corrected chi connectivity index (χ3v) is 4.26. The Morgan fingerprint density at radius 3 is 2.40 bits per heavy atom. The molecule has 1 aromatic carbocycles. The molecule has 1 aliphatic rings. The number of nitrogens with two attached hydrogens (primary N) is 2. The molecule has 0 saturated carbocycles. The van der Waals surface area contributed by atoms with Crippen molar-refractivity contribution in [3.05, 3.63) is 35.4 Å². The molecule has 1 unspecified atom stereocenters. The first-order chi connectivity index (χ1) is 9.60. The van der Waals surface area contributed by atoms with Crippen molar-refractivity contribution in [2.75, 3.05) is 19.6 Å². The van der Waals surface area contributed by atoms with Crippen LogP contribution in [0.3, 0.4) is 0 Å². The first kappa shape index (κ1) is 15.0. The molecule has 4 nitrogen and oxygen atoms in total. The second kappa shape index (κ2) is 6.86. The summed E-state index contributed by atoms with van der Waals surface area (Å²) in [5, 5.41) is 0. The Morgan fingerprint density at radius 1 is 1.30 bits per heavy atom. The average Bonchev–Trinajstić information content (AvgIpc) is 2.48. The molecule has 0 aliphatic carbocycles. The van der Waals surface area contributed by atoms with Crippen LogP contribution in [0.25, 0.3) is 0 Å². The van der Waals surface area contributed by atoms with Gasteiger partial charge in [0.2, 0.25) is 5.91 Å². The van der Waals surface area contributed by atoms with Gasteiger partial charge in [0.1, 0.15) is 0 Å². The van der Waals surface area contributed by atoms with E-state index in [2.05, 4.69) is 36.1 Å². The minimum absolute atomic E-state index is 0.0334. The Bertz CT molecular complexity index is 436.